The molecular formula is C15H21NO6S. The summed E-state index contributed by atoms with van der Waals surface area (Å²) >= 11 is 0. The zero-order valence-electron chi connectivity index (χ0n) is 13.4. The predicted octanol–water partition coefficient (Wildman–Crippen LogP) is 0.539. The van der Waals surface area contributed by atoms with E-state index in [9.17, 15) is 18.0 Å². The molecule has 0 saturated heterocycles. The molecule has 0 aliphatic carbocycles. The maximum absolute atomic E-state index is 12.0. The van der Waals surface area contributed by atoms with Gasteiger partial charge in [-0.05, 0) is 24.6 Å². The van der Waals surface area contributed by atoms with Crippen molar-refractivity contribution in [1.82, 2.24) is 5.32 Å². The monoisotopic (exact) mass is 343 g/mol. The number of amides is 1. The first-order valence-electron chi connectivity index (χ1n) is 6.97. The third-order valence-corrected chi connectivity index (χ3v) is 3.71. The van der Waals surface area contributed by atoms with Crippen LogP contribution in [0.4, 0.5) is 0 Å². The van der Waals surface area contributed by atoms with Crippen LogP contribution in [0.15, 0.2) is 24.3 Å². The van der Waals surface area contributed by atoms with Gasteiger partial charge in [0.1, 0.15) is 0 Å². The van der Waals surface area contributed by atoms with Crippen LogP contribution in [0.1, 0.15) is 22.8 Å². The summed E-state index contributed by atoms with van der Waals surface area (Å²) in [5, 5.41) is 2.56. The number of benzene rings is 1. The number of esters is 1. The van der Waals surface area contributed by atoms with E-state index in [-0.39, 0.29) is 11.3 Å². The number of carbonyl (C=O) groups excluding carboxylic acids is 2. The van der Waals surface area contributed by atoms with E-state index in [4.69, 9.17) is 9.47 Å². The van der Waals surface area contributed by atoms with Gasteiger partial charge in [0.05, 0.1) is 17.9 Å². The molecule has 1 aromatic rings. The molecule has 1 aromatic carbocycles. The molecule has 0 fully saturated rings. The number of ether oxygens (including phenoxy) is 2. The van der Waals surface area contributed by atoms with E-state index in [0.717, 1.165) is 6.26 Å². The fourth-order valence-corrected chi connectivity index (χ4v) is 2.58. The van der Waals surface area contributed by atoms with Gasteiger partial charge >= 0.3 is 5.97 Å². The number of carbonyl (C=O) groups is 2. The number of hydrogen-bond donors (Lipinski definition) is 1. The van der Waals surface area contributed by atoms with Gasteiger partial charge in [0.25, 0.3) is 5.91 Å². The van der Waals surface area contributed by atoms with E-state index in [2.05, 4.69) is 5.32 Å². The predicted molar refractivity (Wildman–Crippen MR) is 84.8 cm³/mol. The lowest BCUT2D eigenvalue weighted by molar-refractivity contribution is -0.129. The number of rotatable bonds is 8. The quantitative estimate of drug-likeness (QED) is 0.546. The van der Waals surface area contributed by atoms with Crippen molar-refractivity contribution in [2.75, 3.05) is 26.5 Å². The maximum Gasteiger partial charge on any atom is 0.338 e. The zero-order valence-corrected chi connectivity index (χ0v) is 14.2. The molecule has 0 aliphatic heterocycles. The molecule has 1 atom stereocenters. The number of methoxy groups -OCH3 is 1. The fourth-order valence-electron chi connectivity index (χ4n) is 1.79. The molecule has 0 aromatic heterocycles. The van der Waals surface area contributed by atoms with Gasteiger partial charge in [0, 0.05) is 19.9 Å². The lowest BCUT2D eigenvalue weighted by Crippen LogP contribution is -2.37. The number of sulfone groups is 1. The molecule has 0 unspecified atom stereocenters. The average Bonchev–Trinajstić information content (AvgIpc) is 2.45. The fraction of sp³-hybridized carbons (Fsp3) is 0.467. The van der Waals surface area contributed by atoms with Crippen molar-refractivity contribution in [3.05, 3.63) is 35.4 Å². The summed E-state index contributed by atoms with van der Waals surface area (Å²) in [5.74, 6) is -1.28. The van der Waals surface area contributed by atoms with E-state index in [1.54, 1.807) is 12.1 Å². The van der Waals surface area contributed by atoms with Gasteiger partial charge in [0.15, 0.2) is 15.9 Å². The van der Waals surface area contributed by atoms with Crippen LogP contribution in [0, 0.1) is 0 Å². The zero-order chi connectivity index (χ0) is 17.5. The third kappa shape index (κ3) is 7.25. The van der Waals surface area contributed by atoms with Crippen LogP contribution in [-0.4, -0.2) is 52.9 Å². The molecule has 0 radical (unpaired) electrons. The second-order valence-corrected chi connectivity index (χ2v) is 7.24. The standard InChI is InChI=1S/C15H21NO6S/c1-11(14(17)16-7-8-21-2)22-15(18)13-6-4-5-12(9-13)10-23(3,19)20/h4-6,9,11H,7-8,10H2,1-3H3,(H,16,17)/t11-/m0/s1. The first kappa shape index (κ1) is 19.1. The van der Waals surface area contributed by atoms with Gasteiger partial charge in [-0.1, -0.05) is 12.1 Å². The maximum atomic E-state index is 12.0. The van der Waals surface area contributed by atoms with Crippen LogP contribution in [-0.2, 0) is 29.9 Å². The van der Waals surface area contributed by atoms with Gasteiger partial charge in [-0.25, -0.2) is 13.2 Å². The smallest absolute Gasteiger partial charge is 0.338 e. The summed E-state index contributed by atoms with van der Waals surface area (Å²) < 4.78 is 32.5. The molecule has 1 amide bonds. The molecule has 0 saturated carbocycles. The minimum Gasteiger partial charge on any atom is -0.449 e. The highest BCUT2D eigenvalue weighted by atomic mass is 32.2. The first-order valence-corrected chi connectivity index (χ1v) is 9.03. The summed E-state index contributed by atoms with van der Waals surface area (Å²) in [6.45, 7) is 2.14. The molecule has 128 valence electrons. The minimum atomic E-state index is -3.20. The van der Waals surface area contributed by atoms with Crippen LogP contribution >= 0.6 is 0 Å². The van der Waals surface area contributed by atoms with Gasteiger partial charge in [-0.2, -0.15) is 0 Å². The van der Waals surface area contributed by atoms with Crippen LogP contribution < -0.4 is 5.32 Å². The Balaban J connectivity index is 2.67. The van der Waals surface area contributed by atoms with Gasteiger partial charge in [-0.15, -0.1) is 0 Å². The third-order valence-electron chi connectivity index (χ3n) is 2.85. The highest BCUT2D eigenvalue weighted by Gasteiger charge is 2.19. The molecule has 23 heavy (non-hydrogen) atoms. The van der Waals surface area contributed by atoms with Crippen LogP contribution in [0.3, 0.4) is 0 Å². The summed E-state index contributed by atoms with van der Waals surface area (Å²) in [6, 6.07) is 6.13. The molecule has 1 N–H and O–H groups in total. The second kappa shape index (κ2) is 8.64. The number of hydrogen-bond acceptors (Lipinski definition) is 6. The highest BCUT2D eigenvalue weighted by molar-refractivity contribution is 7.89. The number of nitrogens with one attached hydrogen (secondary N) is 1. The van der Waals surface area contributed by atoms with Crippen molar-refractivity contribution in [3.63, 3.8) is 0 Å². The Morgan fingerprint density at radius 1 is 1.30 bits per heavy atom. The minimum absolute atomic E-state index is 0.165. The second-order valence-electron chi connectivity index (χ2n) is 5.10. The largest absolute Gasteiger partial charge is 0.449 e. The van der Waals surface area contributed by atoms with Gasteiger partial charge in [0.2, 0.25) is 0 Å². The van der Waals surface area contributed by atoms with Crippen LogP contribution in [0.2, 0.25) is 0 Å². The summed E-state index contributed by atoms with van der Waals surface area (Å²) in [4.78, 5) is 23.7. The van der Waals surface area contributed by atoms with Crippen molar-refractivity contribution in [3.8, 4) is 0 Å². The highest BCUT2D eigenvalue weighted by Crippen LogP contribution is 2.11. The van der Waals surface area contributed by atoms with Crippen LogP contribution in [0.25, 0.3) is 0 Å². The van der Waals surface area contributed by atoms with Crippen LogP contribution in [0.5, 0.6) is 0 Å². The van der Waals surface area contributed by atoms with Crippen molar-refractivity contribution in [2.45, 2.75) is 18.8 Å². The topological polar surface area (TPSA) is 98.8 Å². The summed E-state index contributed by atoms with van der Waals surface area (Å²) in [5.41, 5.74) is 0.682. The molecule has 7 nitrogen and oxygen atoms in total. The Morgan fingerprint density at radius 2 is 2.00 bits per heavy atom. The lowest BCUT2D eigenvalue weighted by atomic mass is 10.1. The molecule has 0 heterocycles. The SMILES string of the molecule is COCCNC(=O)[C@H](C)OC(=O)c1cccc(CS(C)(=O)=O)c1. The molecule has 0 spiro atoms. The Labute approximate surface area is 135 Å². The van der Waals surface area contributed by atoms with Gasteiger partial charge < -0.3 is 14.8 Å². The Bertz CT molecular complexity index is 656. The van der Waals surface area contributed by atoms with Crippen molar-refractivity contribution < 1.29 is 27.5 Å². The van der Waals surface area contributed by atoms with Crippen molar-refractivity contribution in [1.29, 1.82) is 0 Å². The molecule has 0 bridgehead atoms. The van der Waals surface area contributed by atoms with E-state index in [0.29, 0.717) is 18.7 Å². The average molecular weight is 343 g/mol. The Morgan fingerprint density at radius 3 is 2.61 bits per heavy atom. The Kier molecular flexibility index (Phi) is 7.18. The molecule has 1 rings (SSSR count). The van der Waals surface area contributed by atoms with E-state index in [1.165, 1.54) is 26.2 Å². The molecule has 8 heteroatoms. The summed E-state index contributed by atoms with van der Waals surface area (Å²) in [6.07, 6.45) is 0.155. The molecular weight excluding hydrogens is 322 g/mol. The normalized spacial score (nSPS) is 12.5. The van der Waals surface area contributed by atoms with E-state index >= 15 is 0 Å². The molecule has 0 aliphatic rings. The first-order chi connectivity index (χ1) is 10.7. The van der Waals surface area contributed by atoms with Crippen molar-refractivity contribution >= 4 is 21.7 Å². The van der Waals surface area contributed by atoms with Gasteiger partial charge in [-0.3, -0.25) is 4.79 Å². The Hall–Kier alpha value is -1.93. The lowest BCUT2D eigenvalue weighted by Gasteiger charge is -2.13. The summed E-state index contributed by atoms with van der Waals surface area (Å²) in [7, 11) is -1.68. The van der Waals surface area contributed by atoms with E-state index < -0.39 is 27.8 Å². The van der Waals surface area contributed by atoms with E-state index in [1.807, 2.05) is 0 Å². The van der Waals surface area contributed by atoms with Crippen molar-refractivity contribution in [2.24, 2.45) is 0 Å².